The van der Waals surface area contributed by atoms with Gasteiger partial charge in [-0.1, -0.05) is 13.8 Å². The Labute approximate surface area is 111 Å². The van der Waals surface area contributed by atoms with Crippen molar-refractivity contribution in [1.29, 1.82) is 0 Å². The monoisotopic (exact) mass is 255 g/mol. The maximum absolute atomic E-state index is 11.6. The smallest absolute Gasteiger partial charge is 0.237 e. The minimum atomic E-state index is -0.509. The van der Waals surface area contributed by atoms with Gasteiger partial charge in [0, 0.05) is 6.04 Å². The predicted octanol–water partition coefficient (Wildman–Crippen LogP) is 1.49. The lowest BCUT2D eigenvalue weighted by Gasteiger charge is -2.28. The molecule has 0 aliphatic heterocycles. The van der Waals surface area contributed by atoms with Crippen LogP contribution in [0, 0.1) is 0 Å². The Hall–Kier alpha value is -0.610. The summed E-state index contributed by atoms with van der Waals surface area (Å²) in [6, 6.07) is 0.519. The van der Waals surface area contributed by atoms with E-state index in [2.05, 4.69) is 24.1 Å². The van der Waals surface area contributed by atoms with Crippen LogP contribution < -0.4 is 11.1 Å². The van der Waals surface area contributed by atoms with Crippen LogP contribution in [0.15, 0.2) is 0 Å². The fraction of sp³-hybridized carbons (Fsp3) is 0.929. The fourth-order valence-corrected chi connectivity index (χ4v) is 2.30. The summed E-state index contributed by atoms with van der Waals surface area (Å²) in [5.41, 5.74) is 5.02. The number of amides is 1. The molecule has 4 nitrogen and oxygen atoms in total. The van der Waals surface area contributed by atoms with E-state index in [0.29, 0.717) is 6.04 Å². The van der Waals surface area contributed by atoms with Crippen molar-refractivity contribution in [3.05, 3.63) is 0 Å². The Morgan fingerprint density at radius 3 is 2.39 bits per heavy atom. The Balaban J connectivity index is 2.26. The second-order valence-electron chi connectivity index (χ2n) is 5.60. The number of nitrogens with zero attached hydrogens (tertiary/aromatic N) is 1. The molecule has 0 saturated heterocycles. The van der Waals surface area contributed by atoms with Crippen molar-refractivity contribution < 1.29 is 4.79 Å². The maximum atomic E-state index is 11.6. The maximum Gasteiger partial charge on any atom is 0.237 e. The summed E-state index contributed by atoms with van der Waals surface area (Å²) in [5, 5.41) is 3.39. The van der Waals surface area contributed by atoms with Gasteiger partial charge in [0.25, 0.3) is 0 Å². The summed E-state index contributed by atoms with van der Waals surface area (Å²) in [7, 11) is 0. The van der Waals surface area contributed by atoms with Gasteiger partial charge in [-0.15, -0.1) is 0 Å². The Bertz CT molecular complexity index is 262. The van der Waals surface area contributed by atoms with Crippen molar-refractivity contribution in [3.8, 4) is 0 Å². The van der Waals surface area contributed by atoms with Crippen LogP contribution in [0.1, 0.15) is 52.9 Å². The van der Waals surface area contributed by atoms with Gasteiger partial charge in [-0.2, -0.15) is 0 Å². The lowest BCUT2D eigenvalue weighted by molar-refractivity contribution is -0.124. The van der Waals surface area contributed by atoms with Crippen molar-refractivity contribution in [2.75, 3.05) is 19.6 Å². The van der Waals surface area contributed by atoms with E-state index >= 15 is 0 Å². The topological polar surface area (TPSA) is 58.4 Å². The molecule has 1 unspecified atom stereocenters. The predicted molar refractivity (Wildman–Crippen MR) is 75.4 cm³/mol. The molecule has 1 rings (SSSR count). The minimum absolute atomic E-state index is 0.211. The highest BCUT2D eigenvalue weighted by atomic mass is 16.1. The SMILES string of the molecule is CCN(CC)CCCCC(C)(NC1CC1)C(N)=O. The minimum Gasteiger partial charge on any atom is -0.368 e. The molecule has 0 aromatic carbocycles. The van der Waals surface area contributed by atoms with E-state index in [1.165, 1.54) is 12.8 Å². The first-order chi connectivity index (χ1) is 8.51. The van der Waals surface area contributed by atoms with Crippen LogP contribution in [0.2, 0.25) is 0 Å². The quantitative estimate of drug-likeness (QED) is 0.582. The van der Waals surface area contributed by atoms with Crippen molar-refractivity contribution in [1.82, 2.24) is 10.2 Å². The Morgan fingerprint density at radius 1 is 1.33 bits per heavy atom. The molecule has 4 heteroatoms. The molecular formula is C14H29N3O. The summed E-state index contributed by atoms with van der Waals surface area (Å²) < 4.78 is 0. The van der Waals surface area contributed by atoms with Crippen LogP contribution in [-0.2, 0) is 4.79 Å². The Kier molecular flexibility index (Phi) is 6.09. The zero-order valence-corrected chi connectivity index (χ0v) is 12.2. The summed E-state index contributed by atoms with van der Waals surface area (Å²) in [4.78, 5) is 14.0. The number of carbonyl (C=O) groups is 1. The number of hydrogen-bond donors (Lipinski definition) is 2. The summed E-state index contributed by atoms with van der Waals surface area (Å²) in [5.74, 6) is -0.211. The molecule has 18 heavy (non-hydrogen) atoms. The van der Waals surface area contributed by atoms with E-state index in [-0.39, 0.29) is 5.91 Å². The highest BCUT2D eigenvalue weighted by molar-refractivity contribution is 5.84. The molecule has 0 aromatic heterocycles. The molecule has 0 radical (unpaired) electrons. The molecule has 1 aliphatic rings. The van der Waals surface area contributed by atoms with Gasteiger partial charge >= 0.3 is 0 Å². The van der Waals surface area contributed by atoms with E-state index in [1.807, 2.05) is 6.92 Å². The summed E-state index contributed by atoms with van der Waals surface area (Å²) in [6.07, 6.45) is 5.40. The molecular weight excluding hydrogens is 226 g/mol. The van der Waals surface area contributed by atoms with Gasteiger partial charge in [0.2, 0.25) is 5.91 Å². The first-order valence-corrected chi connectivity index (χ1v) is 7.31. The number of primary amides is 1. The lowest BCUT2D eigenvalue weighted by atomic mass is 9.93. The van der Waals surface area contributed by atoms with Gasteiger partial charge in [0.1, 0.15) is 0 Å². The van der Waals surface area contributed by atoms with Gasteiger partial charge in [-0.05, 0) is 58.7 Å². The highest BCUT2D eigenvalue weighted by Gasteiger charge is 2.36. The summed E-state index contributed by atoms with van der Waals surface area (Å²) in [6.45, 7) is 9.64. The largest absolute Gasteiger partial charge is 0.368 e. The molecule has 1 fully saturated rings. The second kappa shape index (κ2) is 7.10. The van der Waals surface area contributed by atoms with Gasteiger partial charge in [0.05, 0.1) is 5.54 Å². The highest BCUT2D eigenvalue weighted by Crippen LogP contribution is 2.25. The number of nitrogens with two attached hydrogens (primary N) is 1. The third kappa shape index (κ3) is 4.94. The molecule has 0 bridgehead atoms. The zero-order chi connectivity index (χ0) is 13.6. The number of hydrogen-bond acceptors (Lipinski definition) is 3. The van der Waals surface area contributed by atoms with Crippen molar-refractivity contribution in [2.45, 2.75) is 64.5 Å². The van der Waals surface area contributed by atoms with Crippen molar-refractivity contribution in [2.24, 2.45) is 5.73 Å². The molecule has 0 aromatic rings. The molecule has 0 spiro atoms. The lowest BCUT2D eigenvalue weighted by Crippen LogP contribution is -2.54. The zero-order valence-electron chi connectivity index (χ0n) is 12.2. The molecule has 1 aliphatic carbocycles. The third-order valence-corrected chi connectivity index (χ3v) is 3.94. The van der Waals surface area contributed by atoms with Crippen LogP contribution in [0.5, 0.6) is 0 Å². The second-order valence-corrected chi connectivity index (χ2v) is 5.60. The summed E-state index contributed by atoms with van der Waals surface area (Å²) >= 11 is 0. The van der Waals surface area contributed by atoms with Crippen LogP contribution >= 0.6 is 0 Å². The van der Waals surface area contributed by atoms with Crippen molar-refractivity contribution in [3.63, 3.8) is 0 Å². The van der Waals surface area contributed by atoms with Gasteiger partial charge in [-0.25, -0.2) is 0 Å². The standard InChI is InChI=1S/C14H29N3O/c1-4-17(5-2)11-7-6-10-14(3,13(15)18)16-12-8-9-12/h12,16H,4-11H2,1-3H3,(H2,15,18). The number of carbonyl (C=O) groups excluding carboxylic acids is 1. The Morgan fingerprint density at radius 2 is 1.94 bits per heavy atom. The van der Waals surface area contributed by atoms with Gasteiger partial charge in [0.15, 0.2) is 0 Å². The van der Waals surface area contributed by atoms with E-state index in [1.54, 1.807) is 0 Å². The average Bonchev–Trinajstić information content (AvgIpc) is 3.13. The van der Waals surface area contributed by atoms with Crippen molar-refractivity contribution >= 4 is 5.91 Å². The van der Waals surface area contributed by atoms with E-state index in [9.17, 15) is 4.79 Å². The van der Waals surface area contributed by atoms with Crippen LogP contribution in [-0.4, -0.2) is 42.0 Å². The van der Waals surface area contributed by atoms with Crippen LogP contribution in [0.4, 0.5) is 0 Å². The first-order valence-electron chi connectivity index (χ1n) is 7.31. The number of unbranched alkanes of at least 4 members (excludes halogenated alkanes) is 1. The average molecular weight is 255 g/mol. The number of rotatable bonds is 10. The van der Waals surface area contributed by atoms with Gasteiger partial charge in [-0.3, -0.25) is 4.79 Å². The molecule has 1 saturated carbocycles. The van der Waals surface area contributed by atoms with Crippen LogP contribution in [0.25, 0.3) is 0 Å². The fourth-order valence-electron chi connectivity index (χ4n) is 2.30. The normalized spacial score (nSPS) is 18.9. The third-order valence-electron chi connectivity index (χ3n) is 3.94. The molecule has 1 atom stereocenters. The molecule has 0 heterocycles. The van der Waals surface area contributed by atoms with E-state index < -0.39 is 5.54 Å². The molecule has 1 amide bonds. The first kappa shape index (κ1) is 15.4. The van der Waals surface area contributed by atoms with E-state index in [0.717, 1.165) is 38.9 Å². The number of nitrogens with one attached hydrogen (secondary N) is 1. The van der Waals surface area contributed by atoms with Crippen LogP contribution in [0.3, 0.4) is 0 Å². The van der Waals surface area contributed by atoms with Gasteiger partial charge < -0.3 is 16.0 Å². The van der Waals surface area contributed by atoms with E-state index in [4.69, 9.17) is 5.73 Å². The molecule has 3 N–H and O–H groups in total. The molecule has 106 valence electrons.